The van der Waals surface area contributed by atoms with Crippen molar-refractivity contribution in [2.24, 2.45) is 0 Å². The van der Waals surface area contributed by atoms with Crippen molar-refractivity contribution in [2.45, 2.75) is 0 Å². The van der Waals surface area contributed by atoms with Gasteiger partial charge in [0.15, 0.2) is 5.11 Å². The number of carbonyl (C=O) groups is 2. The van der Waals surface area contributed by atoms with Crippen molar-refractivity contribution in [2.75, 3.05) is 4.90 Å². The van der Waals surface area contributed by atoms with Crippen LogP contribution in [0.2, 0.25) is 10.0 Å². The predicted octanol–water partition coefficient (Wildman–Crippen LogP) is 5.62. The second-order valence-electron chi connectivity index (χ2n) is 6.50. The number of para-hydroxylation sites is 1. The largest absolute Gasteiger partial charge is 0.457 e. The summed E-state index contributed by atoms with van der Waals surface area (Å²) in [5.74, 6) is 0.0784. The summed E-state index contributed by atoms with van der Waals surface area (Å²) in [6, 6.07) is 21.0. The van der Waals surface area contributed by atoms with E-state index in [0.717, 1.165) is 0 Å². The highest BCUT2D eigenvalue weighted by molar-refractivity contribution is 7.80. The average molecular weight is 469 g/mol. The fourth-order valence-electron chi connectivity index (χ4n) is 2.97. The van der Waals surface area contributed by atoms with Crippen molar-refractivity contribution in [3.05, 3.63) is 94.0 Å². The SMILES string of the molecule is O=C1NC(=S)N(c2ccc(Oc3ccccc3)cc2)C(=O)C1=Cc1c(Cl)cccc1Cl. The highest BCUT2D eigenvalue weighted by Crippen LogP contribution is 2.30. The smallest absolute Gasteiger partial charge is 0.270 e. The molecule has 4 rings (SSSR count). The molecule has 0 aromatic heterocycles. The van der Waals surface area contributed by atoms with Crippen molar-refractivity contribution in [1.29, 1.82) is 0 Å². The number of halogens is 2. The van der Waals surface area contributed by atoms with Gasteiger partial charge in [0.1, 0.15) is 17.1 Å². The molecule has 0 radical (unpaired) electrons. The third-order valence-corrected chi connectivity index (χ3v) is 5.41. The first-order chi connectivity index (χ1) is 14.9. The van der Waals surface area contributed by atoms with E-state index in [1.54, 1.807) is 42.5 Å². The monoisotopic (exact) mass is 468 g/mol. The fraction of sp³-hybridized carbons (Fsp3) is 0. The Morgan fingerprint density at radius 1 is 0.839 bits per heavy atom. The first-order valence-electron chi connectivity index (χ1n) is 9.12. The highest BCUT2D eigenvalue weighted by Gasteiger charge is 2.34. The average Bonchev–Trinajstić information content (AvgIpc) is 2.75. The summed E-state index contributed by atoms with van der Waals surface area (Å²) in [5.41, 5.74) is 0.725. The molecule has 3 aromatic carbocycles. The van der Waals surface area contributed by atoms with Crippen LogP contribution < -0.4 is 15.0 Å². The van der Waals surface area contributed by atoms with Gasteiger partial charge in [-0.15, -0.1) is 0 Å². The molecule has 0 saturated carbocycles. The van der Waals surface area contributed by atoms with E-state index in [9.17, 15) is 9.59 Å². The van der Waals surface area contributed by atoms with Gasteiger partial charge in [0.25, 0.3) is 11.8 Å². The van der Waals surface area contributed by atoms with Crippen LogP contribution in [0.25, 0.3) is 6.08 Å². The van der Waals surface area contributed by atoms with E-state index in [0.29, 0.717) is 32.8 Å². The van der Waals surface area contributed by atoms with Crippen LogP contribution in [-0.4, -0.2) is 16.9 Å². The van der Waals surface area contributed by atoms with Crippen LogP contribution >= 0.6 is 35.4 Å². The minimum atomic E-state index is -0.619. The molecular weight excluding hydrogens is 455 g/mol. The summed E-state index contributed by atoms with van der Waals surface area (Å²) >= 11 is 17.6. The topological polar surface area (TPSA) is 58.6 Å². The molecule has 0 unspecified atom stereocenters. The second kappa shape index (κ2) is 8.89. The van der Waals surface area contributed by atoms with Gasteiger partial charge in [-0.2, -0.15) is 0 Å². The Hall–Kier alpha value is -3.19. The van der Waals surface area contributed by atoms with Crippen molar-refractivity contribution in [3.8, 4) is 11.5 Å². The molecule has 8 heteroatoms. The number of rotatable bonds is 4. The first-order valence-corrected chi connectivity index (χ1v) is 10.3. The van der Waals surface area contributed by atoms with E-state index in [1.165, 1.54) is 11.0 Å². The number of nitrogens with zero attached hydrogens (tertiary/aromatic N) is 1. The zero-order valence-electron chi connectivity index (χ0n) is 15.8. The normalized spacial score (nSPS) is 15.2. The molecule has 0 aliphatic carbocycles. The van der Waals surface area contributed by atoms with Gasteiger partial charge in [0, 0.05) is 15.6 Å². The van der Waals surface area contributed by atoms with Crippen LogP contribution in [0.4, 0.5) is 5.69 Å². The summed E-state index contributed by atoms with van der Waals surface area (Å²) in [6.45, 7) is 0. The number of anilines is 1. The van der Waals surface area contributed by atoms with E-state index >= 15 is 0 Å². The molecule has 154 valence electrons. The van der Waals surface area contributed by atoms with Crippen LogP contribution in [0.15, 0.2) is 78.4 Å². The standard InChI is InChI=1S/C23H14Cl2N2O3S/c24-19-7-4-8-20(25)17(19)13-18-21(28)26-23(31)27(22(18)29)14-9-11-16(12-10-14)30-15-5-2-1-3-6-15/h1-13H,(H,26,28,31). The number of hydrogen-bond donors (Lipinski definition) is 1. The summed E-state index contributed by atoms with van der Waals surface area (Å²) in [4.78, 5) is 26.8. The Morgan fingerprint density at radius 3 is 2.10 bits per heavy atom. The third kappa shape index (κ3) is 4.46. The number of hydrogen-bond acceptors (Lipinski definition) is 4. The lowest BCUT2D eigenvalue weighted by Gasteiger charge is -2.29. The lowest BCUT2D eigenvalue weighted by molar-refractivity contribution is -0.122. The Labute approximate surface area is 193 Å². The summed E-state index contributed by atoms with van der Waals surface area (Å²) < 4.78 is 5.77. The Morgan fingerprint density at radius 2 is 1.45 bits per heavy atom. The summed E-state index contributed by atoms with van der Waals surface area (Å²) in [6.07, 6.45) is 1.37. The Balaban J connectivity index is 1.63. The van der Waals surface area contributed by atoms with Gasteiger partial charge in [-0.25, -0.2) is 0 Å². The fourth-order valence-corrected chi connectivity index (χ4v) is 3.76. The molecular formula is C23H14Cl2N2O3S. The van der Waals surface area contributed by atoms with Gasteiger partial charge < -0.3 is 4.74 Å². The van der Waals surface area contributed by atoms with Crippen LogP contribution in [-0.2, 0) is 9.59 Å². The maximum absolute atomic E-state index is 13.1. The maximum Gasteiger partial charge on any atom is 0.270 e. The van der Waals surface area contributed by atoms with Gasteiger partial charge in [-0.3, -0.25) is 19.8 Å². The lowest BCUT2D eigenvalue weighted by atomic mass is 10.1. The molecule has 3 aromatic rings. The molecule has 0 atom stereocenters. The first kappa shape index (κ1) is 21.1. The predicted molar refractivity (Wildman–Crippen MR) is 126 cm³/mol. The van der Waals surface area contributed by atoms with E-state index < -0.39 is 11.8 Å². The van der Waals surface area contributed by atoms with Gasteiger partial charge in [0.2, 0.25) is 0 Å². The van der Waals surface area contributed by atoms with Crippen LogP contribution in [0.3, 0.4) is 0 Å². The highest BCUT2D eigenvalue weighted by atomic mass is 35.5. The Bertz CT molecular complexity index is 1190. The summed E-state index contributed by atoms with van der Waals surface area (Å²) in [7, 11) is 0. The minimum Gasteiger partial charge on any atom is -0.457 e. The number of amides is 2. The van der Waals surface area contributed by atoms with E-state index in [-0.39, 0.29) is 10.7 Å². The minimum absolute atomic E-state index is 0.0193. The zero-order valence-corrected chi connectivity index (χ0v) is 18.2. The number of nitrogens with one attached hydrogen (secondary N) is 1. The molecule has 5 nitrogen and oxygen atoms in total. The van der Waals surface area contributed by atoms with Gasteiger partial charge in [-0.1, -0.05) is 47.5 Å². The number of thiocarbonyl (C=S) groups is 1. The van der Waals surface area contributed by atoms with Gasteiger partial charge >= 0.3 is 0 Å². The molecule has 1 saturated heterocycles. The molecule has 1 aliphatic rings. The van der Waals surface area contributed by atoms with E-state index in [1.807, 2.05) is 30.3 Å². The quantitative estimate of drug-likeness (QED) is 0.306. The van der Waals surface area contributed by atoms with E-state index in [2.05, 4.69) is 5.32 Å². The molecule has 0 spiro atoms. The molecule has 1 heterocycles. The molecule has 2 amide bonds. The summed E-state index contributed by atoms with van der Waals surface area (Å²) in [5, 5.41) is 3.16. The number of carbonyl (C=O) groups excluding carboxylic acids is 2. The molecule has 31 heavy (non-hydrogen) atoms. The van der Waals surface area contributed by atoms with Crippen molar-refractivity contribution < 1.29 is 14.3 Å². The van der Waals surface area contributed by atoms with Crippen molar-refractivity contribution in [3.63, 3.8) is 0 Å². The molecule has 1 fully saturated rings. The maximum atomic E-state index is 13.1. The van der Waals surface area contributed by atoms with Crippen LogP contribution in [0.1, 0.15) is 5.56 Å². The number of ether oxygens (including phenoxy) is 1. The Kier molecular flexibility index (Phi) is 6.04. The van der Waals surface area contributed by atoms with Gasteiger partial charge in [0.05, 0.1) is 5.69 Å². The second-order valence-corrected chi connectivity index (χ2v) is 7.70. The van der Waals surface area contributed by atoms with Crippen LogP contribution in [0.5, 0.6) is 11.5 Å². The van der Waals surface area contributed by atoms with Gasteiger partial charge in [-0.05, 0) is 66.8 Å². The molecule has 1 N–H and O–H groups in total. The molecule has 0 bridgehead atoms. The van der Waals surface area contributed by atoms with Crippen molar-refractivity contribution >= 4 is 64.1 Å². The molecule has 1 aliphatic heterocycles. The van der Waals surface area contributed by atoms with Crippen LogP contribution in [0, 0.1) is 0 Å². The lowest BCUT2D eigenvalue weighted by Crippen LogP contribution is -2.54. The van der Waals surface area contributed by atoms with E-state index in [4.69, 9.17) is 40.2 Å². The third-order valence-electron chi connectivity index (χ3n) is 4.46. The number of benzene rings is 3. The van der Waals surface area contributed by atoms with Crippen molar-refractivity contribution in [1.82, 2.24) is 5.32 Å². The zero-order chi connectivity index (χ0) is 22.0.